The van der Waals surface area contributed by atoms with Gasteiger partial charge in [-0.05, 0) is 24.6 Å². The third kappa shape index (κ3) is 2.92. The predicted molar refractivity (Wildman–Crippen MR) is 58.0 cm³/mol. The molecular formula is C11H13F3N2. The zero-order chi connectivity index (χ0) is 12.3. The van der Waals surface area contributed by atoms with E-state index in [4.69, 9.17) is 0 Å². The lowest BCUT2D eigenvalue weighted by Crippen LogP contribution is -2.14. The molecule has 0 unspecified atom stereocenters. The van der Waals surface area contributed by atoms with E-state index in [9.17, 15) is 13.2 Å². The van der Waals surface area contributed by atoms with Crippen LogP contribution in [0.3, 0.4) is 0 Å². The number of benzene rings is 1. The first kappa shape index (κ1) is 12.4. The Balaban J connectivity index is 3.03. The van der Waals surface area contributed by atoms with Crippen molar-refractivity contribution in [3.05, 3.63) is 41.7 Å². The van der Waals surface area contributed by atoms with Crippen LogP contribution in [0.25, 0.3) is 0 Å². The number of halogens is 3. The normalized spacial score (nSPS) is 11.1. The van der Waals surface area contributed by atoms with E-state index in [1.165, 1.54) is 13.0 Å². The molecule has 0 heterocycles. The molecule has 0 aromatic heterocycles. The van der Waals surface area contributed by atoms with Crippen LogP contribution in [-0.2, 0) is 6.18 Å². The van der Waals surface area contributed by atoms with Crippen LogP contribution in [0, 0.1) is 6.92 Å². The summed E-state index contributed by atoms with van der Waals surface area (Å²) in [5.74, 6) is 0.442. The summed E-state index contributed by atoms with van der Waals surface area (Å²) < 4.78 is 37.7. The largest absolute Gasteiger partial charge is 0.416 e. The molecular weight excluding hydrogens is 217 g/mol. The summed E-state index contributed by atoms with van der Waals surface area (Å²) >= 11 is 0. The van der Waals surface area contributed by atoms with Crippen LogP contribution in [0.1, 0.15) is 11.1 Å². The fourth-order valence-corrected chi connectivity index (χ4v) is 1.24. The van der Waals surface area contributed by atoms with Gasteiger partial charge in [-0.25, -0.2) is 0 Å². The Bertz CT molecular complexity index is 397. The van der Waals surface area contributed by atoms with E-state index in [-0.39, 0.29) is 5.56 Å². The van der Waals surface area contributed by atoms with Gasteiger partial charge in [0.05, 0.1) is 11.4 Å². The van der Waals surface area contributed by atoms with Gasteiger partial charge in [-0.15, -0.1) is 0 Å². The minimum atomic E-state index is -4.33. The van der Waals surface area contributed by atoms with Gasteiger partial charge in [-0.3, -0.25) is 0 Å². The molecule has 0 bridgehead atoms. The maximum Gasteiger partial charge on any atom is 0.416 e. The lowest BCUT2D eigenvalue weighted by atomic mass is 10.1. The van der Waals surface area contributed by atoms with Gasteiger partial charge in [-0.1, -0.05) is 12.6 Å². The number of anilines is 1. The van der Waals surface area contributed by atoms with E-state index >= 15 is 0 Å². The van der Waals surface area contributed by atoms with Gasteiger partial charge in [0, 0.05) is 12.7 Å². The second kappa shape index (κ2) is 4.47. The van der Waals surface area contributed by atoms with Crippen molar-refractivity contribution in [2.75, 3.05) is 12.4 Å². The Morgan fingerprint density at radius 1 is 1.31 bits per heavy atom. The van der Waals surface area contributed by atoms with Crippen molar-refractivity contribution in [3.8, 4) is 0 Å². The molecule has 16 heavy (non-hydrogen) atoms. The zero-order valence-electron chi connectivity index (χ0n) is 9.07. The molecule has 0 saturated heterocycles. The summed E-state index contributed by atoms with van der Waals surface area (Å²) in [4.78, 5) is 0. The average Bonchev–Trinajstić information content (AvgIpc) is 2.19. The summed E-state index contributed by atoms with van der Waals surface area (Å²) in [6.45, 7) is 5.01. The number of rotatable bonds is 3. The molecule has 88 valence electrons. The van der Waals surface area contributed by atoms with E-state index in [2.05, 4.69) is 17.2 Å². The van der Waals surface area contributed by atoms with Gasteiger partial charge in [0.1, 0.15) is 0 Å². The third-order valence-corrected chi connectivity index (χ3v) is 2.14. The smallest absolute Gasteiger partial charge is 0.375 e. The fraction of sp³-hybridized carbons (Fsp3) is 0.273. The number of aryl methyl sites for hydroxylation is 1. The van der Waals surface area contributed by atoms with Crippen LogP contribution >= 0.6 is 0 Å². The van der Waals surface area contributed by atoms with Crippen molar-refractivity contribution in [1.29, 1.82) is 0 Å². The highest BCUT2D eigenvalue weighted by atomic mass is 19.4. The molecule has 0 atom stereocenters. The highest BCUT2D eigenvalue weighted by Crippen LogP contribution is 2.33. The van der Waals surface area contributed by atoms with Crippen LogP contribution in [0.2, 0.25) is 0 Å². The first-order chi connectivity index (χ1) is 7.34. The van der Waals surface area contributed by atoms with Crippen molar-refractivity contribution >= 4 is 5.69 Å². The van der Waals surface area contributed by atoms with E-state index in [0.29, 0.717) is 11.5 Å². The summed E-state index contributed by atoms with van der Waals surface area (Å²) in [7, 11) is 1.63. The highest BCUT2D eigenvalue weighted by Gasteiger charge is 2.32. The molecule has 0 fully saturated rings. The highest BCUT2D eigenvalue weighted by molar-refractivity contribution is 5.52. The molecule has 0 aliphatic carbocycles. The van der Waals surface area contributed by atoms with Gasteiger partial charge in [0.15, 0.2) is 0 Å². The zero-order valence-corrected chi connectivity index (χ0v) is 9.07. The second-order valence-corrected chi connectivity index (χ2v) is 3.38. The Labute approximate surface area is 92.2 Å². The molecule has 1 aromatic carbocycles. The van der Waals surface area contributed by atoms with Crippen LogP contribution < -0.4 is 10.6 Å². The van der Waals surface area contributed by atoms with Crippen LogP contribution in [0.4, 0.5) is 18.9 Å². The second-order valence-electron chi connectivity index (χ2n) is 3.38. The predicted octanol–water partition coefficient (Wildman–Crippen LogP) is 3.12. The Kier molecular flexibility index (Phi) is 3.47. The summed E-state index contributed by atoms with van der Waals surface area (Å²) in [6, 6.07) is 4.07. The first-order valence-corrected chi connectivity index (χ1v) is 4.66. The standard InChI is InChI=1S/C11H13F3N2/c1-7-4-5-9(16-8(2)15-3)6-10(7)11(12,13)14/h4-6,15-16H,2H2,1,3H3. The molecule has 5 heteroatoms. The summed E-state index contributed by atoms with van der Waals surface area (Å²) in [5.41, 5.74) is -0.0770. The number of hydrogen-bond donors (Lipinski definition) is 2. The molecule has 0 aliphatic heterocycles. The van der Waals surface area contributed by atoms with Gasteiger partial charge < -0.3 is 10.6 Å². The molecule has 0 aliphatic rings. The molecule has 1 aromatic rings. The van der Waals surface area contributed by atoms with Crippen LogP contribution in [0.15, 0.2) is 30.6 Å². The number of hydrogen-bond acceptors (Lipinski definition) is 2. The first-order valence-electron chi connectivity index (χ1n) is 4.66. The van der Waals surface area contributed by atoms with Gasteiger partial charge in [-0.2, -0.15) is 13.2 Å². The molecule has 0 spiro atoms. The van der Waals surface area contributed by atoms with Crippen molar-refractivity contribution in [2.45, 2.75) is 13.1 Å². The van der Waals surface area contributed by atoms with Gasteiger partial charge >= 0.3 is 6.18 Å². The maximum absolute atomic E-state index is 12.6. The van der Waals surface area contributed by atoms with Crippen molar-refractivity contribution in [3.63, 3.8) is 0 Å². The van der Waals surface area contributed by atoms with Crippen LogP contribution in [0.5, 0.6) is 0 Å². The molecule has 0 amide bonds. The SMILES string of the molecule is C=C(NC)Nc1ccc(C)c(C(F)(F)F)c1. The molecule has 1 rings (SSSR count). The molecule has 0 saturated carbocycles. The minimum Gasteiger partial charge on any atom is -0.375 e. The van der Waals surface area contributed by atoms with Crippen molar-refractivity contribution in [1.82, 2.24) is 5.32 Å². The summed E-state index contributed by atoms with van der Waals surface area (Å²) in [5, 5.41) is 5.43. The van der Waals surface area contributed by atoms with Crippen molar-refractivity contribution < 1.29 is 13.2 Å². The number of alkyl halides is 3. The van der Waals surface area contributed by atoms with Gasteiger partial charge in [0.2, 0.25) is 0 Å². The van der Waals surface area contributed by atoms with Gasteiger partial charge in [0.25, 0.3) is 0 Å². The Morgan fingerprint density at radius 3 is 2.44 bits per heavy atom. The topological polar surface area (TPSA) is 24.1 Å². The molecule has 2 N–H and O–H groups in total. The van der Waals surface area contributed by atoms with Crippen molar-refractivity contribution in [2.24, 2.45) is 0 Å². The quantitative estimate of drug-likeness (QED) is 0.833. The van der Waals surface area contributed by atoms with Crippen LogP contribution in [-0.4, -0.2) is 7.05 Å². The third-order valence-electron chi connectivity index (χ3n) is 2.14. The maximum atomic E-state index is 12.6. The lowest BCUT2D eigenvalue weighted by Gasteiger charge is -2.14. The van der Waals surface area contributed by atoms with E-state index in [0.717, 1.165) is 6.07 Å². The Morgan fingerprint density at radius 2 is 1.94 bits per heavy atom. The fourth-order valence-electron chi connectivity index (χ4n) is 1.24. The molecule has 0 radical (unpaired) electrons. The summed E-state index contributed by atoms with van der Waals surface area (Å²) in [6.07, 6.45) is -4.33. The minimum absolute atomic E-state index is 0.202. The number of nitrogens with one attached hydrogen (secondary N) is 2. The monoisotopic (exact) mass is 230 g/mol. The van der Waals surface area contributed by atoms with E-state index in [1.54, 1.807) is 13.1 Å². The molecule has 2 nitrogen and oxygen atoms in total. The van der Waals surface area contributed by atoms with E-state index in [1.807, 2.05) is 0 Å². The van der Waals surface area contributed by atoms with E-state index < -0.39 is 11.7 Å². The Hall–Kier alpha value is -1.65. The lowest BCUT2D eigenvalue weighted by molar-refractivity contribution is -0.138. The average molecular weight is 230 g/mol.